The number of anilines is 1. The van der Waals surface area contributed by atoms with Gasteiger partial charge in [0.15, 0.2) is 5.13 Å². The highest BCUT2D eigenvalue weighted by molar-refractivity contribution is 9.09. The molecule has 1 fully saturated rings. The van der Waals surface area contributed by atoms with E-state index in [9.17, 15) is 0 Å². The molecular formula is C8H11BrN2OS. The Morgan fingerprint density at radius 1 is 1.77 bits per heavy atom. The van der Waals surface area contributed by atoms with Gasteiger partial charge in [0.2, 0.25) is 0 Å². The van der Waals surface area contributed by atoms with Crippen molar-refractivity contribution in [2.24, 2.45) is 0 Å². The zero-order valence-corrected chi connectivity index (χ0v) is 9.55. The molecule has 0 bridgehead atoms. The van der Waals surface area contributed by atoms with Crippen molar-refractivity contribution < 1.29 is 4.74 Å². The molecule has 0 aliphatic carbocycles. The Balaban J connectivity index is 2.11. The molecular weight excluding hydrogens is 252 g/mol. The van der Waals surface area contributed by atoms with E-state index in [2.05, 4.69) is 25.8 Å². The van der Waals surface area contributed by atoms with Crippen LogP contribution in [0.4, 0.5) is 5.13 Å². The van der Waals surface area contributed by atoms with Crippen LogP contribution in [-0.2, 0) is 4.74 Å². The minimum atomic E-state index is 0.430. The van der Waals surface area contributed by atoms with Gasteiger partial charge in [-0.05, 0) is 0 Å². The summed E-state index contributed by atoms with van der Waals surface area (Å²) < 4.78 is 5.41. The van der Waals surface area contributed by atoms with Crippen LogP contribution in [0.3, 0.4) is 0 Å². The Morgan fingerprint density at radius 2 is 2.69 bits per heavy atom. The van der Waals surface area contributed by atoms with E-state index >= 15 is 0 Å². The molecule has 0 amide bonds. The third kappa shape index (κ3) is 2.03. The molecule has 72 valence electrons. The quantitative estimate of drug-likeness (QED) is 0.760. The van der Waals surface area contributed by atoms with E-state index in [-0.39, 0.29) is 0 Å². The van der Waals surface area contributed by atoms with Crippen LogP contribution in [0.25, 0.3) is 0 Å². The molecule has 3 nitrogen and oxygen atoms in total. The molecule has 1 aliphatic heterocycles. The second-order valence-electron chi connectivity index (χ2n) is 2.89. The van der Waals surface area contributed by atoms with E-state index in [0.717, 1.165) is 30.2 Å². The minimum Gasteiger partial charge on any atom is -0.377 e. The van der Waals surface area contributed by atoms with Gasteiger partial charge in [-0.3, -0.25) is 0 Å². The molecule has 1 aliphatic rings. The highest BCUT2D eigenvalue weighted by Gasteiger charge is 2.23. The second-order valence-corrected chi connectivity index (χ2v) is 4.41. The fourth-order valence-electron chi connectivity index (χ4n) is 1.39. The van der Waals surface area contributed by atoms with E-state index in [1.54, 1.807) is 11.3 Å². The number of rotatable bonds is 2. The lowest BCUT2D eigenvalue weighted by Crippen LogP contribution is -2.46. The maximum Gasteiger partial charge on any atom is 0.185 e. The standard InChI is InChI=1S/C8H11BrN2OS/c9-5-7-6-12-3-2-11(7)8-10-1-4-13-8/h1,4,7H,2-3,5-6H2. The molecule has 0 saturated carbocycles. The monoisotopic (exact) mass is 262 g/mol. The predicted molar refractivity (Wildman–Crippen MR) is 57.9 cm³/mol. The van der Waals surface area contributed by atoms with Crippen molar-refractivity contribution in [2.45, 2.75) is 6.04 Å². The Bertz CT molecular complexity index is 255. The van der Waals surface area contributed by atoms with Crippen molar-refractivity contribution >= 4 is 32.4 Å². The largest absolute Gasteiger partial charge is 0.377 e. The Hall–Kier alpha value is -0.130. The topological polar surface area (TPSA) is 25.4 Å². The number of hydrogen-bond acceptors (Lipinski definition) is 4. The van der Waals surface area contributed by atoms with Gasteiger partial charge in [-0.25, -0.2) is 4.98 Å². The van der Waals surface area contributed by atoms with Crippen molar-refractivity contribution in [1.82, 2.24) is 4.98 Å². The van der Waals surface area contributed by atoms with Gasteiger partial charge >= 0.3 is 0 Å². The first-order chi connectivity index (χ1) is 6.42. The van der Waals surface area contributed by atoms with Crippen LogP contribution in [0.1, 0.15) is 0 Å². The van der Waals surface area contributed by atoms with Crippen LogP contribution in [0.5, 0.6) is 0 Å². The van der Waals surface area contributed by atoms with E-state index in [1.807, 2.05) is 11.6 Å². The van der Waals surface area contributed by atoms with Crippen molar-refractivity contribution in [3.63, 3.8) is 0 Å². The van der Waals surface area contributed by atoms with Crippen molar-refractivity contribution in [2.75, 3.05) is 30.0 Å². The van der Waals surface area contributed by atoms with E-state index < -0.39 is 0 Å². The molecule has 0 spiro atoms. The van der Waals surface area contributed by atoms with Crippen molar-refractivity contribution in [3.8, 4) is 0 Å². The van der Waals surface area contributed by atoms with Crippen LogP contribution in [0.15, 0.2) is 11.6 Å². The lowest BCUT2D eigenvalue weighted by atomic mass is 10.3. The van der Waals surface area contributed by atoms with Crippen LogP contribution in [0, 0.1) is 0 Å². The first-order valence-electron chi connectivity index (χ1n) is 4.21. The molecule has 0 aromatic carbocycles. The molecule has 1 atom stereocenters. The van der Waals surface area contributed by atoms with Gasteiger partial charge in [0, 0.05) is 23.5 Å². The summed E-state index contributed by atoms with van der Waals surface area (Å²) in [7, 11) is 0. The number of alkyl halides is 1. The molecule has 1 saturated heterocycles. The SMILES string of the molecule is BrCC1COCCN1c1nccs1. The molecule has 2 heterocycles. The van der Waals surface area contributed by atoms with Crippen molar-refractivity contribution in [1.29, 1.82) is 0 Å². The molecule has 1 unspecified atom stereocenters. The highest BCUT2D eigenvalue weighted by atomic mass is 79.9. The van der Waals surface area contributed by atoms with E-state index in [4.69, 9.17) is 4.74 Å². The van der Waals surface area contributed by atoms with E-state index in [0.29, 0.717) is 6.04 Å². The summed E-state index contributed by atoms with van der Waals surface area (Å²) in [5, 5.41) is 4.05. The summed E-state index contributed by atoms with van der Waals surface area (Å²) in [5.41, 5.74) is 0. The Labute approximate surface area is 89.9 Å². The summed E-state index contributed by atoms with van der Waals surface area (Å²) in [5.74, 6) is 0. The van der Waals surface area contributed by atoms with Crippen LogP contribution < -0.4 is 4.90 Å². The number of ether oxygens (including phenoxy) is 1. The summed E-state index contributed by atoms with van der Waals surface area (Å²) in [4.78, 5) is 6.61. The first kappa shape index (κ1) is 9.43. The molecule has 5 heteroatoms. The third-order valence-corrected chi connectivity index (χ3v) is 3.63. The maximum absolute atomic E-state index is 5.41. The number of halogens is 1. The number of morpholine rings is 1. The summed E-state index contributed by atoms with van der Waals surface area (Å²) in [6.45, 7) is 2.55. The first-order valence-corrected chi connectivity index (χ1v) is 6.22. The minimum absolute atomic E-state index is 0.430. The number of thiazole rings is 1. The maximum atomic E-state index is 5.41. The predicted octanol–water partition coefficient (Wildman–Crippen LogP) is 1.74. The molecule has 2 rings (SSSR count). The van der Waals surface area contributed by atoms with Crippen molar-refractivity contribution in [3.05, 3.63) is 11.6 Å². The van der Waals surface area contributed by atoms with Gasteiger partial charge in [0.25, 0.3) is 0 Å². The van der Waals surface area contributed by atoms with Crippen LogP contribution in [-0.4, -0.2) is 36.1 Å². The molecule has 1 aromatic rings. The fourth-order valence-corrected chi connectivity index (χ4v) is 2.67. The number of nitrogens with zero attached hydrogens (tertiary/aromatic N) is 2. The fraction of sp³-hybridized carbons (Fsp3) is 0.625. The average Bonchev–Trinajstić information content (AvgIpc) is 2.70. The lowest BCUT2D eigenvalue weighted by molar-refractivity contribution is 0.100. The summed E-state index contributed by atoms with van der Waals surface area (Å²) in [6, 6.07) is 0.430. The van der Waals surface area contributed by atoms with Crippen LogP contribution in [0.2, 0.25) is 0 Å². The van der Waals surface area contributed by atoms with Crippen LogP contribution >= 0.6 is 27.3 Å². The normalized spacial score (nSPS) is 23.5. The Kier molecular flexibility index (Phi) is 3.18. The lowest BCUT2D eigenvalue weighted by Gasteiger charge is -2.34. The van der Waals surface area contributed by atoms with E-state index in [1.165, 1.54) is 0 Å². The molecule has 0 radical (unpaired) electrons. The highest BCUT2D eigenvalue weighted by Crippen LogP contribution is 2.22. The van der Waals surface area contributed by atoms with Gasteiger partial charge in [0.1, 0.15) is 0 Å². The van der Waals surface area contributed by atoms with Gasteiger partial charge in [-0.2, -0.15) is 0 Å². The smallest absolute Gasteiger partial charge is 0.185 e. The van der Waals surface area contributed by atoms with Gasteiger partial charge in [-0.1, -0.05) is 15.9 Å². The number of aromatic nitrogens is 1. The van der Waals surface area contributed by atoms with Gasteiger partial charge < -0.3 is 9.64 Å². The Morgan fingerprint density at radius 3 is 3.38 bits per heavy atom. The average molecular weight is 263 g/mol. The second kappa shape index (κ2) is 4.39. The third-order valence-electron chi connectivity index (χ3n) is 2.07. The number of hydrogen-bond donors (Lipinski definition) is 0. The molecule has 1 aromatic heterocycles. The summed E-state index contributed by atoms with van der Waals surface area (Å²) in [6.07, 6.45) is 1.85. The molecule has 13 heavy (non-hydrogen) atoms. The molecule has 0 N–H and O–H groups in total. The zero-order chi connectivity index (χ0) is 9.10. The van der Waals surface area contributed by atoms with Gasteiger partial charge in [-0.15, -0.1) is 11.3 Å². The zero-order valence-electron chi connectivity index (χ0n) is 7.15. The summed E-state index contributed by atoms with van der Waals surface area (Å²) >= 11 is 5.18. The van der Waals surface area contributed by atoms with Gasteiger partial charge in [0.05, 0.1) is 19.3 Å².